The van der Waals surface area contributed by atoms with Gasteiger partial charge in [0, 0.05) is 12.4 Å². The third kappa shape index (κ3) is 0.726. The summed E-state index contributed by atoms with van der Waals surface area (Å²) in [7, 11) is 0. The van der Waals surface area contributed by atoms with Crippen LogP contribution in [0.2, 0.25) is 0 Å². The van der Waals surface area contributed by atoms with Crippen molar-refractivity contribution in [3.05, 3.63) is 18.3 Å². The summed E-state index contributed by atoms with van der Waals surface area (Å²) < 4.78 is 11.9. The van der Waals surface area contributed by atoms with Crippen LogP contribution in [-0.2, 0) is 0 Å². The summed E-state index contributed by atoms with van der Waals surface area (Å²) in [5.74, 6) is -1.60. The fourth-order valence-electron chi connectivity index (χ4n) is 0.314. The molecule has 0 saturated carbocycles. The van der Waals surface area contributed by atoms with Crippen molar-refractivity contribution < 1.29 is 9.50 Å². The Bertz CT molecular complexity index is 170. The molecule has 0 saturated heterocycles. The highest BCUT2D eigenvalue weighted by molar-refractivity contribution is 5.00. The van der Waals surface area contributed by atoms with E-state index >= 15 is 0 Å². The number of rotatable bonds is 0. The zero-order valence-electron chi connectivity index (χ0n) is 3.87. The summed E-state index contributed by atoms with van der Waals surface area (Å²) in [6, 6.07) is 0. The average Bonchev–Trinajstić information content (AvgIpc) is 1.77. The third-order valence-electron chi connectivity index (χ3n) is 0.636. The second-order valence-corrected chi connectivity index (χ2v) is 1.17. The van der Waals surface area contributed by atoms with Gasteiger partial charge in [0.2, 0.25) is 0 Å². The first-order valence-corrected chi connectivity index (χ1v) is 1.96. The molecule has 1 aromatic heterocycles. The molecule has 1 rings (SSSR count). The SMILES string of the molecule is Oc1nccnc1F. The highest BCUT2D eigenvalue weighted by Crippen LogP contribution is 2.03. The molecule has 0 aliphatic carbocycles. The Kier molecular flexibility index (Phi) is 1.07. The molecule has 0 amide bonds. The Morgan fingerprint density at radius 1 is 1.38 bits per heavy atom. The highest BCUT2D eigenvalue weighted by Gasteiger charge is 1.96. The van der Waals surface area contributed by atoms with Crippen LogP contribution >= 0.6 is 0 Å². The maximum atomic E-state index is 11.9. The summed E-state index contributed by atoms with van der Waals surface area (Å²) in [6.45, 7) is 0. The molecular weight excluding hydrogens is 111 g/mol. The summed E-state index contributed by atoms with van der Waals surface area (Å²) in [5, 5.41) is 8.37. The molecule has 42 valence electrons. The van der Waals surface area contributed by atoms with Gasteiger partial charge < -0.3 is 5.11 Å². The Balaban J connectivity index is 3.13. The number of hydrogen-bond donors (Lipinski definition) is 1. The zero-order valence-corrected chi connectivity index (χ0v) is 3.87. The van der Waals surface area contributed by atoms with Crippen LogP contribution in [0.15, 0.2) is 12.4 Å². The minimum Gasteiger partial charge on any atom is -0.490 e. The van der Waals surface area contributed by atoms with Gasteiger partial charge in [0.25, 0.3) is 11.8 Å². The van der Waals surface area contributed by atoms with Crippen LogP contribution in [0.25, 0.3) is 0 Å². The molecule has 3 nitrogen and oxygen atoms in total. The molecule has 1 N–H and O–H groups in total. The molecule has 0 atom stereocenters. The normalized spacial score (nSPS) is 9.12. The van der Waals surface area contributed by atoms with Gasteiger partial charge in [-0.05, 0) is 0 Å². The molecule has 0 unspecified atom stereocenters. The van der Waals surface area contributed by atoms with Crippen molar-refractivity contribution in [1.82, 2.24) is 9.97 Å². The Morgan fingerprint density at radius 2 is 2.00 bits per heavy atom. The predicted octanol–water partition coefficient (Wildman–Crippen LogP) is 0.321. The minimum atomic E-state index is -0.937. The van der Waals surface area contributed by atoms with Gasteiger partial charge in [-0.15, -0.1) is 0 Å². The molecule has 0 aliphatic rings. The van der Waals surface area contributed by atoms with E-state index in [4.69, 9.17) is 5.11 Å². The lowest BCUT2D eigenvalue weighted by molar-refractivity contribution is 0.398. The van der Waals surface area contributed by atoms with Crippen molar-refractivity contribution in [2.75, 3.05) is 0 Å². The van der Waals surface area contributed by atoms with Gasteiger partial charge in [0.05, 0.1) is 0 Å². The first-order valence-electron chi connectivity index (χ1n) is 1.96. The molecule has 0 bridgehead atoms. The first-order chi connectivity index (χ1) is 3.80. The van der Waals surface area contributed by atoms with Crippen LogP contribution in [0.5, 0.6) is 5.88 Å². The van der Waals surface area contributed by atoms with E-state index in [1.807, 2.05) is 0 Å². The van der Waals surface area contributed by atoms with Crippen molar-refractivity contribution in [2.24, 2.45) is 0 Å². The maximum absolute atomic E-state index is 11.9. The smallest absolute Gasteiger partial charge is 0.275 e. The fourth-order valence-corrected chi connectivity index (χ4v) is 0.314. The summed E-state index contributed by atoms with van der Waals surface area (Å²) in [5.41, 5.74) is 0. The molecular formula is C4H3FN2O. The van der Waals surface area contributed by atoms with Crippen LogP contribution in [0.3, 0.4) is 0 Å². The van der Waals surface area contributed by atoms with Gasteiger partial charge in [0.15, 0.2) is 0 Å². The van der Waals surface area contributed by atoms with E-state index < -0.39 is 11.8 Å². The van der Waals surface area contributed by atoms with E-state index in [2.05, 4.69) is 9.97 Å². The number of halogens is 1. The number of aromatic hydroxyl groups is 1. The zero-order chi connectivity index (χ0) is 5.98. The van der Waals surface area contributed by atoms with Crippen molar-refractivity contribution >= 4 is 0 Å². The monoisotopic (exact) mass is 114 g/mol. The largest absolute Gasteiger partial charge is 0.490 e. The Labute approximate surface area is 44.8 Å². The quantitative estimate of drug-likeness (QED) is 0.528. The molecule has 0 fully saturated rings. The maximum Gasteiger partial charge on any atom is 0.275 e. The van der Waals surface area contributed by atoms with Crippen LogP contribution in [0.4, 0.5) is 4.39 Å². The van der Waals surface area contributed by atoms with Crippen molar-refractivity contribution in [3.63, 3.8) is 0 Å². The molecule has 8 heavy (non-hydrogen) atoms. The highest BCUT2D eigenvalue weighted by atomic mass is 19.1. The Hall–Kier alpha value is -1.19. The third-order valence-corrected chi connectivity index (χ3v) is 0.636. The van der Waals surface area contributed by atoms with Gasteiger partial charge in [-0.1, -0.05) is 0 Å². The number of aromatic nitrogens is 2. The second kappa shape index (κ2) is 1.73. The molecule has 0 aliphatic heterocycles. The Morgan fingerprint density at radius 3 is 2.38 bits per heavy atom. The first kappa shape index (κ1) is 4.96. The van der Waals surface area contributed by atoms with Crippen LogP contribution in [-0.4, -0.2) is 15.1 Å². The van der Waals surface area contributed by atoms with Crippen LogP contribution < -0.4 is 0 Å². The van der Waals surface area contributed by atoms with E-state index in [0.717, 1.165) is 6.20 Å². The van der Waals surface area contributed by atoms with Gasteiger partial charge in [-0.3, -0.25) is 0 Å². The lowest BCUT2D eigenvalue weighted by atomic mass is 10.7. The van der Waals surface area contributed by atoms with Gasteiger partial charge in [0.1, 0.15) is 0 Å². The van der Waals surface area contributed by atoms with Crippen molar-refractivity contribution in [1.29, 1.82) is 0 Å². The van der Waals surface area contributed by atoms with Gasteiger partial charge >= 0.3 is 0 Å². The second-order valence-electron chi connectivity index (χ2n) is 1.17. The minimum absolute atomic E-state index is 0.660. The molecule has 0 radical (unpaired) electrons. The van der Waals surface area contributed by atoms with E-state index in [1.165, 1.54) is 6.20 Å². The molecule has 0 aromatic carbocycles. The average molecular weight is 114 g/mol. The van der Waals surface area contributed by atoms with Gasteiger partial charge in [-0.25, -0.2) is 9.97 Å². The van der Waals surface area contributed by atoms with Gasteiger partial charge in [-0.2, -0.15) is 4.39 Å². The van der Waals surface area contributed by atoms with E-state index in [9.17, 15) is 4.39 Å². The predicted molar refractivity (Wildman–Crippen MR) is 23.7 cm³/mol. The standard InChI is InChI=1S/C4H3FN2O/c5-3-4(8)7-2-1-6-3/h1-2H,(H,7,8). The van der Waals surface area contributed by atoms with E-state index in [0.29, 0.717) is 0 Å². The lowest BCUT2D eigenvalue weighted by Gasteiger charge is -1.86. The lowest BCUT2D eigenvalue weighted by Crippen LogP contribution is -1.82. The molecule has 1 heterocycles. The van der Waals surface area contributed by atoms with Crippen molar-refractivity contribution in [3.8, 4) is 5.88 Å². The number of nitrogens with zero attached hydrogens (tertiary/aromatic N) is 2. The topological polar surface area (TPSA) is 46.0 Å². The van der Waals surface area contributed by atoms with E-state index in [-0.39, 0.29) is 0 Å². The van der Waals surface area contributed by atoms with Crippen LogP contribution in [0.1, 0.15) is 0 Å². The molecule has 1 aromatic rings. The molecule has 0 spiro atoms. The summed E-state index contributed by atoms with van der Waals surface area (Å²) in [4.78, 5) is 6.30. The molecule has 4 heteroatoms. The van der Waals surface area contributed by atoms with Crippen molar-refractivity contribution in [2.45, 2.75) is 0 Å². The summed E-state index contributed by atoms with van der Waals surface area (Å²) >= 11 is 0. The number of hydrogen-bond acceptors (Lipinski definition) is 3. The van der Waals surface area contributed by atoms with Crippen LogP contribution in [0, 0.1) is 5.95 Å². The van der Waals surface area contributed by atoms with E-state index in [1.54, 1.807) is 0 Å². The fraction of sp³-hybridized carbons (Fsp3) is 0. The summed E-state index contributed by atoms with van der Waals surface area (Å²) in [6.07, 6.45) is 2.37.